The Labute approximate surface area is 180 Å². The lowest BCUT2D eigenvalue weighted by Gasteiger charge is -2.12. The third-order valence-corrected chi connectivity index (χ3v) is 4.65. The van der Waals surface area contributed by atoms with Gasteiger partial charge in [-0.3, -0.25) is 14.2 Å². The quantitative estimate of drug-likeness (QED) is 0.371. The van der Waals surface area contributed by atoms with Crippen molar-refractivity contribution in [3.05, 3.63) is 71.9 Å². The summed E-state index contributed by atoms with van der Waals surface area (Å²) in [6.07, 6.45) is 4.99. The van der Waals surface area contributed by atoms with Crippen molar-refractivity contribution in [2.24, 2.45) is 0 Å². The van der Waals surface area contributed by atoms with E-state index in [0.717, 1.165) is 22.0 Å². The van der Waals surface area contributed by atoms with Crippen molar-refractivity contribution >= 4 is 34.9 Å². The first-order valence-corrected chi connectivity index (χ1v) is 9.81. The fraction of sp³-hybridized carbons (Fsp3) is 0.208. The van der Waals surface area contributed by atoms with Crippen molar-refractivity contribution in [2.75, 3.05) is 7.11 Å². The minimum atomic E-state index is -0.457. The van der Waals surface area contributed by atoms with Gasteiger partial charge in [-0.05, 0) is 48.7 Å². The van der Waals surface area contributed by atoms with Crippen molar-refractivity contribution in [1.82, 2.24) is 9.88 Å². The molecule has 7 heteroatoms. The van der Waals surface area contributed by atoms with Gasteiger partial charge in [-0.1, -0.05) is 30.3 Å². The molecule has 0 aliphatic carbocycles. The van der Waals surface area contributed by atoms with Gasteiger partial charge in [0, 0.05) is 30.6 Å². The summed E-state index contributed by atoms with van der Waals surface area (Å²) >= 11 is 0. The van der Waals surface area contributed by atoms with Crippen LogP contribution >= 0.6 is 0 Å². The monoisotopic (exact) mass is 420 g/mol. The van der Waals surface area contributed by atoms with Gasteiger partial charge in [-0.25, -0.2) is 4.79 Å². The van der Waals surface area contributed by atoms with Crippen molar-refractivity contribution < 1.29 is 23.9 Å². The first kappa shape index (κ1) is 21.8. The summed E-state index contributed by atoms with van der Waals surface area (Å²) in [4.78, 5) is 35.3. The molecule has 3 aromatic rings. The number of hydrogen-bond acceptors (Lipinski definition) is 5. The van der Waals surface area contributed by atoms with Gasteiger partial charge in [0.2, 0.25) is 5.91 Å². The molecule has 31 heavy (non-hydrogen) atoms. The van der Waals surface area contributed by atoms with E-state index in [0.29, 0.717) is 12.2 Å². The van der Waals surface area contributed by atoms with Gasteiger partial charge in [0.05, 0.1) is 12.6 Å². The third kappa shape index (κ3) is 5.60. The maximum atomic E-state index is 12.3. The standard InChI is InChI=1S/C24H24N2O5/c1-16(14-19-15-26(24(29)30-3)22-7-5-4-6-21(19)22)25-23(28)13-10-18-8-11-20(12-9-18)31-17(2)27/h4-13,15-16H,14H2,1-3H3,(H,25,28)/t16-/m1/s1. The highest BCUT2D eigenvalue weighted by Crippen LogP contribution is 2.23. The van der Waals surface area contributed by atoms with Crippen LogP contribution in [0.3, 0.4) is 0 Å². The second kappa shape index (κ2) is 9.75. The van der Waals surface area contributed by atoms with E-state index in [4.69, 9.17) is 9.47 Å². The van der Waals surface area contributed by atoms with Crippen molar-refractivity contribution in [3.8, 4) is 5.75 Å². The van der Waals surface area contributed by atoms with E-state index >= 15 is 0 Å². The zero-order valence-corrected chi connectivity index (χ0v) is 17.6. The number of esters is 1. The summed E-state index contributed by atoms with van der Waals surface area (Å²) in [5.41, 5.74) is 2.51. The predicted molar refractivity (Wildman–Crippen MR) is 118 cm³/mol. The van der Waals surface area contributed by atoms with Crippen LogP contribution in [0.2, 0.25) is 0 Å². The number of aromatic nitrogens is 1. The van der Waals surface area contributed by atoms with E-state index in [-0.39, 0.29) is 17.9 Å². The van der Waals surface area contributed by atoms with Gasteiger partial charge in [0.15, 0.2) is 0 Å². The van der Waals surface area contributed by atoms with Gasteiger partial charge < -0.3 is 14.8 Å². The van der Waals surface area contributed by atoms with Crippen molar-refractivity contribution in [3.63, 3.8) is 0 Å². The maximum absolute atomic E-state index is 12.3. The Hall–Kier alpha value is -3.87. The number of carbonyl (C=O) groups is 3. The molecule has 1 aromatic heterocycles. The number of nitrogens with zero attached hydrogens (tertiary/aromatic N) is 1. The molecule has 160 valence electrons. The first-order valence-electron chi connectivity index (χ1n) is 9.81. The SMILES string of the molecule is COC(=O)n1cc(C[C@@H](C)NC(=O)C=Cc2ccc(OC(C)=O)cc2)c2ccccc21. The largest absolute Gasteiger partial charge is 0.452 e. The number of para-hydroxylation sites is 1. The summed E-state index contributed by atoms with van der Waals surface area (Å²) < 4.78 is 11.3. The summed E-state index contributed by atoms with van der Waals surface area (Å²) in [5, 5.41) is 3.87. The van der Waals surface area contributed by atoms with E-state index in [2.05, 4.69) is 5.32 Å². The Morgan fingerprint density at radius 2 is 1.81 bits per heavy atom. The molecule has 0 bridgehead atoms. The smallest absolute Gasteiger partial charge is 0.418 e. The van der Waals surface area contributed by atoms with Crippen LogP contribution in [0.5, 0.6) is 5.75 Å². The highest BCUT2D eigenvalue weighted by molar-refractivity contribution is 5.93. The molecule has 0 aliphatic rings. The van der Waals surface area contributed by atoms with Crippen LogP contribution in [0, 0.1) is 0 Å². The maximum Gasteiger partial charge on any atom is 0.418 e. The third-order valence-electron chi connectivity index (χ3n) is 4.65. The van der Waals surface area contributed by atoms with Crippen LogP contribution < -0.4 is 10.1 Å². The molecule has 0 radical (unpaired) electrons. The number of fused-ring (bicyclic) bond motifs is 1. The number of amides is 1. The van der Waals surface area contributed by atoms with Gasteiger partial charge in [0.1, 0.15) is 5.75 Å². The topological polar surface area (TPSA) is 86.6 Å². The molecule has 0 aliphatic heterocycles. The first-order chi connectivity index (χ1) is 14.9. The number of carbonyl (C=O) groups excluding carboxylic acids is 3. The van der Waals surface area contributed by atoms with Gasteiger partial charge in [-0.2, -0.15) is 0 Å². The number of nitrogens with one attached hydrogen (secondary N) is 1. The van der Waals surface area contributed by atoms with Crippen LogP contribution in [0.15, 0.2) is 60.8 Å². The van der Waals surface area contributed by atoms with Crippen LogP contribution in [-0.4, -0.2) is 35.7 Å². The fourth-order valence-corrected chi connectivity index (χ4v) is 3.32. The predicted octanol–water partition coefficient (Wildman–Crippen LogP) is 3.94. The molecule has 1 amide bonds. The second-order valence-corrected chi connectivity index (χ2v) is 7.12. The fourth-order valence-electron chi connectivity index (χ4n) is 3.32. The minimum Gasteiger partial charge on any atom is -0.452 e. The summed E-state index contributed by atoms with van der Waals surface area (Å²) in [6.45, 7) is 3.25. The van der Waals surface area contributed by atoms with Crippen LogP contribution in [-0.2, 0) is 20.7 Å². The lowest BCUT2D eigenvalue weighted by Crippen LogP contribution is -2.32. The van der Waals surface area contributed by atoms with E-state index in [9.17, 15) is 14.4 Å². The number of rotatable bonds is 6. The van der Waals surface area contributed by atoms with Crippen molar-refractivity contribution in [1.29, 1.82) is 0 Å². The van der Waals surface area contributed by atoms with Gasteiger partial charge >= 0.3 is 12.1 Å². The Morgan fingerprint density at radius 3 is 2.48 bits per heavy atom. The molecule has 0 fully saturated rings. The lowest BCUT2D eigenvalue weighted by molar-refractivity contribution is -0.131. The molecule has 0 spiro atoms. The highest BCUT2D eigenvalue weighted by Gasteiger charge is 2.16. The van der Waals surface area contributed by atoms with Crippen molar-refractivity contribution in [2.45, 2.75) is 26.3 Å². The van der Waals surface area contributed by atoms with E-state index in [1.807, 2.05) is 31.2 Å². The Bertz CT molecular complexity index is 1130. The molecule has 1 heterocycles. The number of methoxy groups -OCH3 is 1. The zero-order chi connectivity index (χ0) is 22.4. The van der Waals surface area contributed by atoms with E-state index in [1.54, 1.807) is 36.5 Å². The Morgan fingerprint density at radius 1 is 1.10 bits per heavy atom. The van der Waals surface area contributed by atoms with Crippen LogP contribution in [0.25, 0.3) is 17.0 Å². The van der Waals surface area contributed by atoms with Crippen LogP contribution in [0.4, 0.5) is 4.79 Å². The minimum absolute atomic E-state index is 0.152. The molecule has 0 unspecified atom stereocenters. The normalized spacial score (nSPS) is 12.0. The molecule has 1 atom stereocenters. The Balaban J connectivity index is 1.63. The second-order valence-electron chi connectivity index (χ2n) is 7.12. The average molecular weight is 420 g/mol. The van der Waals surface area contributed by atoms with Crippen LogP contribution in [0.1, 0.15) is 25.0 Å². The highest BCUT2D eigenvalue weighted by atomic mass is 16.5. The molecule has 3 rings (SSSR count). The van der Waals surface area contributed by atoms with E-state index < -0.39 is 6.09 Å². The van der Waals surface area contributed by atoms with Gasteiger partial charge in [0.25, 0.3) is 0 Å². The molecule has 7 nitrogen and oxygen atoms in total. The number of hydrogen-bond donors (Lipinski definition) is 1. The Kier molecular flexibility index (Phi) is 6.87. The number of ether oxygens (including phenoxy) is 2. The lowest BCUT2D eigenvalue weighted by atomic mass is 10.1. The molecular formula is C24H24N2O5. The zero-order valence-electron chi connectivity index (χ0n) is 17.6. The average Bonchev–Trinajstić information content (AvgIpc) is 3.10. The molecule has 0 saturated carbocycles. The summed E-state index contributed by atoms with van der Waals surface area (Å²) in [5.74, 6) is -0.159. The van der Waals surface area contributed by atoms with E-state index in [1.165, 1.54) is 24.7 Å². The molecular weight excluding hydrogens is 396 g/mol. The summed E-state index contributed by atoms with van der Waals surface area (Å²) in [6, 6.07) is 14.3. The van der Waals surface area contributed by atoms with Gasteiger partial charge in [-0.15, -0.1) is 0 Å². The molecule has 1 N–H and O–H groups in total. The molecule has 0 saturated heterocycles. The molecule has 2 aromatic carbocycles. The number of benzene rings is 2. The summed E-state index contributed by atoms with van der Waals surface area (Å²) in [7, 11) is 1.34.